The van der Waals surface area contributed by atoms with Gasteiger partial charge in [0.1, 0.15) is 0 Å². The molecule has 1 aliphatic rings. The van der Waals surface area contributed by atoms with E-state index in [2.05, 4.69) is 31.6 Å². The largest absolute Gasteiger partial charge is 0.373 e. The van der Waals surface area contributed by atoms with Crippen LogP contribution in [0.2, 0.25) is 5.02 Å². The van der Waals surface area contributed by atoms with Crippen molar-refractivity contribution in [1.82, 2.24) is 10.8 Å². The number of benzene rings is 1. The third kappa shape index (κ3) is 7.79. The number of methoxy groups -OCH3 is 1. The van der Waals surface area contributed by atoms with Crippen molar-refractivity contribution in [3.8, 4) is 0 Å². The molecule has 0 saturated carbocycles. The molecule has 1 heterocycles. The number of rotatable bonds is 6. The maximum Gasteiger partial charge on any atom is 0.373 e. The van der Waals surface area contributed by atoms with Crippen molar-refractivity contribution in [2.45, 2.75) is 58.4 Å². The molecule has 1 aromatic rings. The van der Waals surface area contributed by atoms with E-state index >= 15 is 0 Å². The van der Waals surface area contributed by atoms with E-state index in [9.17, 15) is 4.79 Å². The van der Waals surface area contributed by atoms with E-state index in [1.165, 1.54) is 7.11 Å². The summed E-state index contributed by atoms with van der Waals surface area (Å²) in [6, 6.07) is 7.45. The Morgan fingerprint density at radius 3 is 2.48 bits per heavy atom. The zero-order chi connectivity index (χ0) is 20.5. The minimum atomic E-state index is -1.27. The van der Waals surface area contributed by atoms with Crippen molar-refractivity contribution < 1.29 is 24.0 Å². The molecule has 1 aliphatic heterocycles. The number of nitrogens with one attached hydrogen (secondary N) is 2. The van der Waals surface area contributed by atoms with Crippen molar-refractivity contribution in [2.75, 3.05) is 7.11 Å². The van der Waals surface area contributed by atoms with Gasteiger partial charge in [0.25, 0.3) is 11.7 Å². The first-order valence-electron chi connectivity index (χ1n) is 8.66. The van der Waals surface area contributed by atoms with E-state index in [0.717, 1.165) is 18.4 Å². The van der Waals surface area contributed by atoms with Crippen LogP contribution in [0.4, 0.5) is 0 Å². The smallest absolute Gasteiger partial charge is 0.347 e. The summed E-state index contributed by atoms with van der Waals surface area (Å²) in [6.45, 7) is 7.00. The molecule has 0 bridgehead atoms. The van der Waals surface area contributed by atoms with Gasteiger partial charge >= 0.3 is 6.15 Å². The molecular weight excluding hydrogens is 372 g/mol. The Morgan fingerprint density at radius 2 is 1.96 bits per heavy atom. The molecule has 150 valence electrons. The third-order valence-electron chi connectivity index (χ3n) is 4.19. The predicted molar refractivity (Wildman–Crippen MR) is 99.4 cm³/mol. The number of hydrogen-bond acceptors (Lipinski definition) is 6. The first kappa shape index (κ1) is 23.3. The lowest BCUT2D eigenvalue weighted by Gasteiger charge is -2.24. The van der Waals surface area contributed by atoms with Crippen molar-refractivity contribution in [2.24, 2.45) is 5.41 Å². The van der Waals surface area contributed by atoms with Gasteiger partial charge in [-0.3, -0.25) is 9.63 Å². The Morgan fingerprint density at radius 1 is 1.37 bits per heavy atom. The Bertz CT molecular complexity index is 638. The summed E-state index contributed by atoms with van der Waals surface area (Å²) in [5, 5.41) is 3.54. The molecule has 2 atom stereocenters. The molecule has 0 aromatic heterocycles. The first-order chi connectivity index (χ1) is 12.7. The van der Waals surface area contributed by atoms with Gasteiger partial charge in [-0.05, 0) is 36.0 Å². The fourth-order valence-corrected chi connectivity index (χ4v) is 2.76. The summed E-state index contributed by atoms with van der Waals surface area (Å²) >= 11 is 5.86. The summed E-state index contributed by atoms with van der Waals surface area (Å²) in [4.78, 5) is 34.3. The molecule has 8 heteroatoms. The minimum Gasteiger partial charge on any atom is -0.347 e. The second kappa shape index (κ2) is 10.5. The van der Waals surface area contributed by atoms with Gasteiger partial charge in [-0.25, -0.2) is 0 Å². The second-order valence-corrected chi connectivity index (χ2v) is 8.01. The van der Waals surface area contributed by atoms with Crippen LogP contribution in [0, 0.1) is 5.41 Å². The zero-order valence-corrected chi connectivity index (χ0v) is 16.9. The predicted octanol–water partition coefficient (Wildman–Crippen LogP) is 2.84. The van der Waals surface area contributed by atoms with Crippen molar-refractivity contribution in [1.29, 1.82) is 0 Å². The zero-order valence-electron chi connectivity index (χ0n) is 16.1. The number of hydroxylamine groups is 1. The number of ether oxygens (including phenoxy) is 1. The van der Waals surface area contributed by atoms with E-state index in [0.29, 0.717) is 18.0 Å². The second-order valence-electron chi connectivity index (χ2n) is 7.57. The lowest BCUT2D eigenvalue weighted by molar-refractivity contribution is -0.218. The third-order valence-corrected chi connectivity index (χ3v) is 4.44. The SMILES string of the molecule is CO[C@]1(C(=O)NCc2ccc(Cl)cc2)C[C@H](CCC(C)(C)C)NO1.O=C=O. The molecule has 27 heavy (non-hydrogen) atoms. The Hall–Kier alpha value is -1.76. The summed E-state index contributed by atoms with van der Waals surface area (Å²) < 4.78 is 5.41. The van der Waals surface area contributed by atoms with Crippen LogP contribution in [0.1, 0.15) is 45.6 Å². The topological polar surface area (TPSA) is 93.7 Å². The van der Waals surface area contributed by atoms with E-state index < -0.39 is 5.79 Å². The number of carbonyl (C=O) groups is 1. The van der Waals surface area contributed by atoms with Crippen LogP contribution in [-0.2, 0) is 30.5 Å². The Balaban J connectivity index is 0.00000114. The Labute approximate surface area is 164 Å². The molecule has 1 aromatic carbocycles. The average molecular weight is 399 g/mol. The lowest BCUT2D eigenvalue weighted by Crippen LogP contribution is -2.48. The van der Waals surface area contributed by atoms with Crippen molar-refractivity contribution >= 4 is 23.7 Å². The van der Waals surface area contributed by atoms with Crippen LogP contribution in [-0.4, -0.2) is 31.0 Å². The lowest BCUT2D eigenvalue weighted by atomic mass is 9.87. The molecule has 0 aliphatic carbocycles. The van der Waals surface area contributed by atoms with Crippen LogP contribution in [0.3, 0.4) is 0 Å². The fraction of sp³-hybridized carbons (Fsp3) is 0.579. The molecule has 0 spiro atoms. The molecule has 1 fully saturated rings. The van der Waals surface area contributed by atoms with E-state index in [1.54, 1.807) is 12.1 Å². The van der Waals surface area contributed by atoms with E-state index in [4.69, 9.17) is 30.8 Å². The maximum atomic E-state index is 12.6. The van der Waals surface area contributed by atoms with Gasteiger partial charge in [0.15, 0.2) is 0 Å². The van der Waals surface area contributed by atoms with Crippen LogP contribution in [0.15, 0.2) is 24.3 Å². The highest BCUT2D eigenvalue weighted by Gasteiger charge is 2.47. The highest BCUT2D eigenvalue weighted by atomic mass is 35.5. The van der Waals surface area contributed by atoms with Crippen LogP contribution < -0.4 is 10.8 Å². The molecule has 2 N–H and O–H groups in total. The summed E-state index contributed by atoms with van der Waals surface area (Å²) in [6.07, 6.45) is 2.71. The van der Waals surface area contributed by atoms with Crippen molar-refractivity contribution in [3.05, 3.63) is 34.9 Å². The normalized spacial score (nSPS) is 21.7. The fourth-order valence-electron chi connectivity index (χ4n) is 2.63. The van der Waals surface area contributed by atoms with Crippen molar-refractivity contribution in [3.63, 3.8) is 0 Å². The van der Waals surface area contributed by atoms with Gasteiger partial charge in [-0.2, -0.15) is 15.1 Å². The summed E-state index contributed by atoms with van der Waals surface area (Å²) in [5.74, 6) is -1.54. The average Bonchev–Trinajstić information content (AvgIpc) is 3.04. The minimum absolute atomic E-state index is 0.102. The molecule has 7 nitrogen and oxygen atoms in total. The van der Waals surface area contributed by atoms with Crippen LogP contribution >= 0.6 is 11.6 Å². The van der Waals surface area contributed by atoms with Crippen LogP contribution in [0.5, 0.6) is 0 Å². The summed E-state index contributed by atoms with van der Waals surface area (Å²) in [5.41, 5.74) is 4.17. The highest BCUT2D eigenvalue weighted by molar-refractivity contribution is 6.30. The molecule has 1 saturated heterocycles. The number of amides is 1. The van der Waals surface area contributed by atoms with Gasteiger partial charge in [-0.1, -0.05) is 44.5 Å². The number of carbonyl (C=O) groups excluding carboxylic acids is 3. The number of halogens is 1. The molecule has 0 radical (unpaired) electrons. The molecule has 0 unspecified atom stereocenters. The number of hydrogen-bond donors (Lipinski definition) is 2. The Kier molecular flexibility index (Phi) is 9.09. The molecule has 1 amide bonds. The maximum absolute atomic E-state index is 12.6. The standard InChI is InChI=1S/C18H27ClN2O3.CO2/c1-17(2,3)10-9-15-11-18(23-4,24-21-15)16(22)20-12-13-5-7-14(19)8-6-13;2-1-3/h5-8,15,21H,9-12H2,1-4H3,(H,20,22);/t15-,18+;/m0./s1. The van der Waals surface area contributed by atoms with Gasteiger partial charge in [-0.15, -0.1) is 0 Å². The van der Waals surface area contributed by atoms with Gasteiger partial charge < -0.3 is 10.1 Å². The monoisotopic (exact) mass is 398 g/mol. The molecule has 2 rings (SSSR count). The van der Waals surface area contributed by atoms with E-state index in [-0.39, 0.29) is 23.5 Å². The van der Waals surface area contributed by atoms with E-state index in [1.807, 2.05) is 12.1 Å². The highest BCUT2D eigenvalue weighted by Crippen LogP contribution is 2.30. The van der Waals surface area contributed by atoms with Crippen LogP contribution in [0.25, 0.3) is 0 Å². The first-order valence-corrected chi connectivity index (χ1v) is 9.04. The summed E-state index contributed by atoms with van der Waals surface area (Å²) in [7, 11) is 1.50. The van der Waals surface area contributed by atoms with Gasteiger partial charge in [0, 0.05) is 31.1 Å². The van der Waals surface area contributed by atoms with Gasteiger partial charge in [0.05, 0.1) is 0 Å². The molecular formula is C19H27ClN2O5. The quantitative estimate of drug-likeness (QED) is 0.765. The van der Waals surface area contributed by atoms with Gasteiger partial charge in [0.2, 0.25) is 0 Å².